The van der Waals surface area contributed by atoms with Crippen LogP contribution in [0.4, 0.5) is 0 Å². The normalized spacial score (nSPS) is 11.9. The van der Waals surface area contributed by atoms with E-state index < -0.39 is 15.2 Å². The van der Waals surface area contributed by atoms with Crippen molar-refractivity contribution in [1.82, 2.24) is 0 Å². The fraction of sp³-hybridized carbons (Fsp3) is 0.333. The summed E-state index contributed by atoms with van der Waals surface area (Å²) in [5.74, 6) is 6.79. The molecule has 0 spiro atoms. The minimum Gasteiger partial charge on any atom is -0.132 e. The van der Waals surface area contributed by atoms with Gasteiger partial charge in [0.2, 0.25) is 0 Å². The highest BCUT2D eigenvalue weighted by molar-refractivity contribution is 7.45. The minimum absolute atomic E-state index is 1.16. The summed E-state index contributed by atoms with van der Waals surface area (Å²) in [4.78, 5) is 2.49. The summed E-state index contributed by atoms with van der Waals surface area (Å²) in [6.45, 7) is 14.6. The first-order valence-corrected chi connectivity index (χ1v) is 15.7. The van der Waals surface area contributed by atoms with E-state index >= 15 is 0 Å². The largest absolute Gasteiger partial charge is 0.132 e. The number of benzene rings is 1. The molecule has 0 atom stereocenters. The Labute approximate surface area is 135 Å². The van der Waals surface area contributed by atoms with Crippen molar-refractivity contribution in [2.75, 3.05) is 0 Å². The van der Waals surface area contributed by atoms with Crippen LogP contribution in [-0.4, -0.2) is 15.2 Å². The van der Waals surface area contributed by atoms with Gasteiger partial charge < -0.3 is 0 Å². The maximum absolute atomic E-state index is 3.44. The van der Waals surface area contributed by atoms with Gasteiger partial charge in [-0.05, 0) is 30.3 Å². The first kappa shape index (κ1) is 16.3. The van der Waals surface area contributed by atoms with Gasteiger partial charge in [0.05, 0.1) is 12.5 Å². The van der Waals surface area contributed by atoms with Crippen molar-refractivity contribution in [3.63, 3.8) is 0 Å². The lowest BCUT2D eigenvalue weighted by molar-refractivity contribution is 1.64. The highest BCUT2D eigenvalue weighted by Crippen LogP contribution is 2.20. The molecular weight excluding hydrogens is 304 g/mol. The first-order valence-electron chi connectivity index (χ1n) is 7.40. The van der Waals surface area contributed by atoms with E-state index in [1.165, 1.54) is 15.6 Å². The molecule has 3 heteroatoms. The molecule has 21 heavy (non-hydrogen) atoms. The Kier molecular flexibility index (Phi) is 4.62. The quantitative estimate of drug-likeness (QED) is 0.549. The summed E-state index contributed by atoms with van der Waals surface area (Å²) in [7, 11) is -2.61. The zero-order valence-electron chi connectivity index (χ0n) is 13.9. The molecule has 0 bridgehead atoms. The second-order valence-corrected chi connectivity index (χ2v) is 24.9. The van der Waals surface area contributed by atoms with Gasteiger partial charge in [-0.2, -0.15) is 0 Å². The fourth-order valence-corrected chi connectivity index (χ4v) is 8.11. The van der Waals surface area contributed by atoms with Gasteiger partial charge in [-0.25, -0.2) is 0 Å². The summed E-state index contributed by atoms with van der Waals surface area (Å²) >= 11 is 1.77. The summed E-state index contributed by atoms with van der Waals surface area (Å²) in [6.07, 6.45) is 0. The van der Waals surface area contributed by atoms with E-state index in [1.807, 2.05) is 0 Å². The number of thiophene rings is 1. The van der Waals surface area contributed by atoms with Crippen molar-refractivity contribution in [2.45, 2.75) is 39.7 Å². The predicted molar refractivity (Wildman–Crippen MR) is 102 cm³/mol. The van der Waals surface area contributed by atoms with Crippen LogP contribution in [0.25, 0.3) is 0 Å². The lowest BCUT2D eigenvalue weighted by Crippen LogP contribution is -2.61. The highest BCUT2D eigenvalue weighted by Gasteiger charge is 2.39. The topological polar surface area (TPSA) is 0 Å². The Bertz CT molecular complexity index is 694. The number of hydrogen-bond acceptors (Lipinski definition) is 1. The molecule has 0 N–H and O–H groups in total. The molecule has 0 aliphatic heterocycles. The van der Waals surface area contributed by atoms with E-state index in [0.29, 0.717) is 0 Å². The highest BCUT2D eigenvalue weighted by atomic mass is 32.1. The van der Waals surface area contributed by atoms with Gasteiger partial charge in [0, 0.05) is 18.0 Å². The van der Waals surface area contributed by atoms with Gasteiger partial charge in [0.1, 0.15) is 0 Å². The van der Waals surface area contributed by atoms with E-state index in [0.717, 1.165) is 4.88 Å². The Balaban J connectivity index is 2.46. The fourth-order valence-electron chi connectivity index (χ4n) is 2.17. The Morgan fingerprint density at radius 3 is 2.10 bits per heavy atom. The first-order chi connectivity index (χ1) is 9.72. The Morgan fingerprint density at radius 2 is 1.52 bits per heavy atom. The van der Waals surface area contributed by atoms with Crippen molar-refractivity contribution >= 4 is 31.7 Å². The van der Waals surface area contributed by atoms with Crippen LogP contribution in [-0.2, 0) is 0 Å². The molecule has 110 valence electrons. The lowest BCUT2D eigenvalue weighted by Gasteiger charge is -2.36. The number of hydrogen-bond donors (Lipinski definition) is 0. The monoisotopic (exact) mass is 328 g/mol. The molecular formula is C18H24SSi2. The molecule has 0 fully saturated rings. The summed E-state index contributed by atoms with van der Waals surface area (Å²) in [5.41, 5.74) is 1.24. The number of aryl methyl sites for hydroxylation is 1. The smallest absolute Gasteiger partial charge is 0.0775 e. The third kappa shape index (κ3) is 3.57. The van der Waals surface area contributed by atoms with Crippen LogP contribution in [0.5, 0.6) is 0 Å². The molecule has 1 heterocycles. The maximum atomic E-state index is 3.44. The summed E-state index contributed by atoms with van der Waals surface area (Å²) in [5, 5.41) is 1.53. The Morgan fingerprint density at radius 1 is 0.857 bits per heavy atom. The molecule has 0 aliphatic rings. The number of rotatable bonds is 2. The molecule has 0 saturated heterocycles. The third-order valence-electron chi connectivity index (χ3n) is 4.54. The van der Waals surface area contributed by atoms with Crippen LogP contribution < -0.4 is 5.19 Å². The van der Waals surface area contributed by atoms with E-state index in [2.05, 4.69) is 87.9 Å². The van der Waals surface area contributed by atoms with Gasteiger partial charge in [-0.3, -0.25) is 0 Å². The molecule has 0 aliphatic carbocycles. The molecule has 1 aromatic carbocycles. The van der Waals surface area contributed by atoms with Gasteiger partial charge in [-0.1, -0.05) is 62.8 Å². The summed E-state index contributed by atoms with van der Waals surface area (Å²) in [6, 6.07) is 13.1. The average molecular weight is 329 g/mol. The van der Waals surface area contributed by atoms with Gasteiger partial charge in [0.25, 0.3) is 0 Å². The molecule has 2 rings (SSSR count). The summed E-state index contributed by atoms with van der Waals surface area (Å²) < 4.78 is 0. The molecule has 0 radical (unpaired) electrons. The average Bonchev–Trinajstić information content (AvgIpc) is 2.81. The molecule has 0 amide bonds. The van der Waals surface area contributed by atoms with Crippen molar-refractivity contribution in [1.29, 1.82) is 0 Å². The van der Waals surface area contributed by atoms with Crippen molar-refractivity contribution in [2.24, 2.45) is 0 Å². The van der Waals surface area contributed by atoms with Crippen LogP contribution >= 0.6 is 11.3 Å². The zero-order chi connectivity index (χ0) is 15.7. The molecule has 1 aromatic heterocycles. The Hall–Kier alpha value is -1.09. The van der Waals surface area contributed by atoms with E-state index in [1.54, 1.807) is 11.3 Å². The van der Waals surface area contributed by atoms with E-state index in [4.69, 9.17) is 0 Å². The van der Waals surface area contributed by atoms with Gasteiger partial charge >= 0.3 is 0 Å². The predicted octanol–water partition coefficient (Wildman–Crippen LogP) is 4.79. The SMILES string of the molecule is Cc1ccc(C#Cc2ccccc2[Si](C)(C)[Si](C)(C)C)s1. The van der Waals surface area contributed by atoms with Gasteiger partial charge in [0.15, 0.2) is 0 Å². The molecule has 0 nitrogen and oxygen atoms in total. The van der Waals surface area contributed by atoms with Crippen LogP contribution in [0.15, 0.2) is 36.4 Å². The zero-order valence-corrected chi connectivity index (χ0v) is 16.7. The van der Waals surface area contributed by atoms with Crippen LogP contribution in [0, 0.1) is 18.8 Å². The maximum Gasteiger partial charge on any atom is 0.0775 e. The van der Waals surface area contributed by atoms with Crippen molar-refractivity contribution in [3.05, 3.63) is 51.7 Å². The molecule has 2 aromatic rings. The second kappa shape index (κ2) is 5.96. The lowest BCUT2D eigenvalue weighted by atomic mass is 10.2. The molecule has 0 saturated carbocycles. The second-order valence-electron chi connectivity index (χ2n) is 7.08. The van der Waals surface area contributed by atoms with Crippen LogP contribution in [0.2, 0.25) is 32.7 Å². The van der Waals surface area contributed by atoms with Crippen molar-refractivity contribution < 1.29 is 0 Å². The standard InChI is InChI=1S/C18H24SSi2/c1-15-11-13-17(19-15)14-12-16-9-7-8-10-18(16)21(5,6)20(2,3)4/h7-11,13H,1-6H3. The minimum atomic E-state index is -1.42. The molecule has 0 unspecified atom stereocenters. The van der Waals surface area contributed by atoms with E-state index in [9.17, 15) is 0 Å². The van der Waals surface area contributed by atoms with Crippen molar-refractivity contribution in [3.8, 4) is 11.8 Å². The van der Waals surface area contributed by atoms with E-state index in [-0.39, 0.29) is 0 Å². The van der Waals surface area contributed by atoms with Crippen LogP contribution in [0.1, 0.15) is 15.3 Å². The van der Waals surface area contributed by atoms with Crippen LogP contribution in [0.3, 0.4) is 0 Å². The third-order valence-corrected chi connectivity index (χ3v) is 23.0. The van der Waals surface area contributed by atoms with Gasteiger partial charge in [-0.15, -0.1) is 11.3 Å².